The van der Waals surface area contributed by atoms with Gasteiger partial charge in [-0.25, -0.2) is 9.48 Å². The average molecular weight is 470 g/mol. The Hall–Kier alpha value is -2.31. The van der Waals surface area contributed by atoms with Gasteiger partial charge in [-0.05, 0) is 55.9 Å². The molecule has 1 aliphatic carbocycles. The standard InChI is InChI=1S/C21H39N7O5/c1-21(2,22)19(30)24-17(15-32-14-16-8-4-3-5-9-16)18-25-26-27-28(18)11-13-33-20(31)23-10-6-7-12-29/h16-17,29H,3-15,22H2,1-2H3,(H,23,31)(H,24,30)/t17-/m1/s1. The summed E-state index contributed by atoms with van der Waals surface area (Å²) in [4.78, 5) is 24.3. The molecular weight excluding hydrogens is 430 g/mol. The van der Waals surface area contributed by atoms with E-state index in [-0.39, 0.29) is 32.3 Å². The highest BCUT2D eigenvalue weighted by atomic mass is 16.5. The van der Waals surface area contributed by atoms with Crippen LogP contribution >= 0.6 is 0 Å². The van der Waals surface area contributed by atoms with Crippen LogP contribution in [0, 0.1) is 5.92 Å². The molecule has 0 aromatic carbocycles. The van der Waals surface area contributed by atoms with E-state index in [9.17, 15) is 9.59 Å². The number of nitrogens with one attached hydrogen (secondary N) is 2. The molecule has 0 aliphatic heterocycles. The van der Waals surface area contributed by atoms with Gasteiger partial charge in [0.05, 0.1) is 18.7 Å². The number of carbonyl (C=O) groups is 2. The normalized spacial score (nSPS) is 15.8. The highest BCUT2D eigenvalue weighted by Gasteiger charge is 2.28. The summed E-state index contributed by atoms with van der Waals surface area (Å²) in [5.74, 6) is 0.589. The maximum absolute atomic E-state index is 12.5. The van der Waals surface area contributed by atoms with Gasteiger partial charge in [-0.1, -0.05) is 19.3 Å². The quantitative estimate of drug-likeness (QED) is 0.286. The lowest BCUT2D eigenvalue weighted by molar-refractivity contribution is -0.126. The van der Waals surface area contributed by atoms with E-state index in [1.54, 1.807) is 13.8 Å². The fourth-order valence-electron chi connectivity index (χ4n) is 3.55. The first kappa shape index (κ1) is 26.9. The second-order valence-corrected chi connectivity index (χ2v) is 9.04. The summed E-state index contributed by atoms with van der Waals surface area (Å²) >= 11 is 0. The number of aromatic nitrogens is 4. The largest absolute Gasteiger partial charge is 0.448 e. The first-order chi connectivity index (χ1) is 15.8. The van der Waals surface area contributed by atoms with Crippen LogP contribution in [-0.4, -0.2) is 75.8 Å². The van der Waals surface area contributed by atoms with Crippen LogP contribution in [0.4, 0.5) is 4.79 Å². The van der Waals surface area contributed by atoms with E-state index in [4.69, 9.17) is 20.3 Å². The van der Waals surface area contributed by atoms with Gasteiger partial charge in [0.15, 0.2) is 5.82 Å². The zero-order valence-electron chi connectivity index (χ0n) is 19.8. The van der Waals surface area contributed by atoms with Crippen LogP contribution in [-0.2, 0) is 20.8 Å². The zero-order valence-corrected chi connectivity index (χ0v) is 19.8. The molecule has 33 heavy (non-hydrogen) atoms. The SMILES string of the molecule is CC(C)(N)C(=O)N[C@H](COCC1CCCCC1)c1nnnn1CCOC(=O)NCCCCO. The van der Waals surface area contributed by atoms with Crippen molar-refractivity contribution in [2.75, 3.05) is 33.0 Å². The molecule has 12 nitrogen and oxygen atoms in total. The topological polar surface area (TPSA) is 167 Å². The first-order valence-corrected chi connectivity index (χ1v) is 11.8. The Morgan fingerprint density at radius 2 is 2.03 bits per heavy atom. The third kappa shape index (κ3) is 10.0. The Labute approximate surface area is 194 Å². The number of alkyl carbamates (subject to hydrolysis) is 1. The van der Waals surface area contributed by atoms with Crippen molar-refractivity contribution >= 4 is 12.0 Å². The summed E-state index contributed by atoms with van der Waals surface area (Å²) in [5.41, 5.74) is 4.87. The third-order valence-corrected chi connectivity index (χ3v) is 5.52. The molecule has 1 aromatic rings. The number of tetrazole rings is 1. The maximum atomic E-state index is 12.5. The number of aliphatic hydroxyl groups excluding tert-OH is 1. The average Bonchev–Trinajstić information content (AvgIpc) is 3.24. The molecule has 1 aromatic heterocycles. The lowest BCUT2D eigenvalue weighted by Crippen LogP contribution is -2.51. The van der Waals surface area contributed by atoms with Crippen LogP contribution < -0.4 is 16.4 Å². The number of aliphatic hydroxyl groups is 1. The Kier molecular flexibility index (Phi) is 11.5. The molecule has 2 amide bonds. The van der Waals surface area contributed by atoms with Gasteiger partial charge in [-0.15, -0.1) is 5.10 Å². The molecular formula is C21H39N7O5. The van der Waals surface area contributed by atoms with E-state index < -0.39 is 17.7 Å². The van der Waals surface area contributed by atoms with Gasteiger partial charge in [0.1, 0.15) is 12.6 Å². The van der Waals surface area contributed by atoms with Crippen LogP contribution in [0.5, 0.6) is 0 Å². The Bertz CT molecular complexity index is 716. The smallest absolute Gasteiger partial charge is 0.407 e. The fourth-order valence-corrected chi connectivity index (χ4v) is 3.55. The number of unbranched alkanes of at least 4 members (excludes halogenated alkanes) is 1. The molecule has 188 valence electrons. The van der Waals surface area contributed by atoms with Crippen molar-refractivity contribution < 1.29 is 24.2 Å². The molecule has 0 saturated heterocycles. The molecule has 0 unspecified atom stereocenters. The van der Waals surface area contributed by atoms with E-state index in [0.717, 1.165) is 12.8 Å². The number of ether oxygens (including phenoxy) is 2. The van der Waals surface area contributed by atoms with Crippen molar-refractivity contribution in [1.29, 1.82) is 0 Å². The van der Waals surface area contributed by atoms with Crippen LogP contribution in [0.2, 0.25) is 0 Å². The van der Waals surface area contributed by atoms with Crippen molar-refractivity contribution in [3.05, 3.63) is 5.82 Å². The molecule has 1 heterocycles. The molecule has 0 spiro atoms. The van der Waals surface area contributed by atoms with Crippen LogP contribution in [0.1, 0.15) is 70.7 Å². The highest BCUT2D eigenvalue weighted by Crippen LogP contribution is 2.24. The Morgan fingerprint density at radius 1 is 1.27 bits per heavy atom. The number of nitrogens with two attached hydrogens (primary N) is 1. The van der Waals surface area contributed by atoms with E-state index in [1.165, 1.54) is 23.9 Å². The first-order valence-electron chi connectivity index (χ1n) is 11.8. The van der Waals surface area contributed by atoms with Gasteiger partial charge < -0.3 is 30.9 Å². The fraction of sp³-hybridized carbons (Fsp3) is 0.857. The molecule has 1 fully saturated rings. The monoisotopic (exact) mass is 469 g/mol. The molecule has 5 N–H and O–H groups in total. The summed E-state index contributed by atoms with van der Waals surface area (Å²) < 4.78 is 12.6. The molecule has 2 rings (SSSR count). The van der Waals surface area contributed by atoms with Crippen molar-refractivity contribution in [3.63, 3.8) is 0 Å². The minimum Gasteiger partial charge on any atom is -0.448 e. The molecule has 1 aliphatic rings. The Balaban J connectivity index is 1.91. The number of nitrogens with zero attached hydrogens (tertiary/aromatic N) is 4. The summed E-state index contributed by atoms with van der Waals surface area (Å²) in [6, 6.07) is -0.591. The van der Waals surface area contributed by atoms with Crippen molar-refractivity contribution in [2.24, 2.45) is 11.7 Å². The van der Waals surface area contributed by atoms with Crippen LogP contribution in [0.25, 0.3) is 0 Å². The van der Waals surface area contributed by atoms with Gasteiger partial charge >= 0.3 is 6.09 Å². The second-order valence-electron chi connectivity index (χ2n) is 9.04. The summed E-state index contributed by atoms with van der Waals surface area (Å²) in [6.45, 7) is 4.86. The van der Waals surface area contributed by atoms with Crippen LogP contribution in [0.15, 0.2) is 0 Å². The van der Waals surface area contributed by atoms with Gasteiger partial charge in [-0.2, -0.15) is 0 Å². The number of amides is 2. The summed E-state index contributed by atoms with van der Waals surface area (Å²) in [5, 5.41) is 26.0. The van der Waals surface area contributed by atoms with Gasteiger partial charge in [-0.3, -0.25) is 4.79 Å². The number of hydrogen-bond donors (Lipinski definition) is 4. The Morgan fingerprint density at radius 3 is 2.73 bits per heavy atom. The lowest BCUT2D eigenvalue weighted by atomic mass is 9.90. The molecule has 1 saturated carbocycles. The van der Waals surface area contributed by atoms with E-state index in [0.29, 0.717) is 37.7 Å². The number of carbonyl (C=O) groups excluding carboxylic acids is 2. The number of rotatable bonds is 14. The van der Waals surface area contributed by atoms with E-state index in [1.807, 2.05) is 0 Å². The van der Waals surface area contributed by atoms with Gasteiger partial charge in [0.25, 0.3) is 0 Å². The molecule has 1 atom stereocenters. The predicted octanol–water partition coefficient (Wildman–Crippen LogP) is 0.663. The predicted molar refractivity (Wildman–Crippen MR) is 120 cm³/mol. The lowest BCUT2D eigenvalue weighted by Gasteiger charge is -2.25. The molecule has 0 radical (unpaired) electrons. The van der Waals surface area contributed by atoms with Crippen molar-refractivity contribution in [3.8, 4) is 0 Å². The zero-order chi connectivity index (χ0) is 24.1. The van der Waals surface area contributed by atoms with E-state index in [2.05, 4.69) is 26.2 Å². The van der Waals surface area contributed by atoms with Crippen molar-refractivity contribution in [1.82, 2.24) is 30.8 Å². The van der Waals surface area contributed by atoms with Crippen molar-refractivity contribution in [2.45, 2.75) is 76.9 Å². The molecule has 0 bridgehead atoms. The van der Waals surface area contributed by atoms with Gasteiger partial charge in [0, 0.05) is 19.8 Å². The van der Waals surface area contributed by atoms with Gasteiger partial charge in [0.2, 0.25) is 5.91 Å². The third-order valence-electron chi connectivity index (χ3n) is 5.52. The summed E-state index contributed by atoms with van der Waals surface area (Å²) in [6.07, 6.45) is 6.78. The highest BCUT2D eigenvalue weighted by molar-refractivity contribution is 5.85. The minimum atomic E-state index is -1.07. The maximum Gasteiger partial charge on any atom is 0.407 e. The number of hydrogen-bond acceptors (Lipinski definition) is 9. The second kappa shape index (κ2) is 14.1. The van der Waals surface area contributed by atoms with Crippen LogP contribution in [0.3, 0.4) is 0 Å². The van der Waals surface area contributed by atoms with E-state index >= 15 is 0 Å². The summed E-state index contributed by atoms with van der Waals surface area (Å²) in [7, 11) is 0. The molecule has 12 heteroatoms. The minimum absolute atomic E-state index is 0.0514.